The maximum atomic E-state index is 12.3. The van der Waals surface area contributed by atoms with Crippen molar-refractivity contribution in [2.75, 3.05) is 17.3 Å². The van der Waals surface area contributed by atoms with Crippen molar-refractivity contribution in [3.63, 3.8) is 0 Å². The van der Waals surface area contributed by atoms with Gasteiger partial charge in [0.15, 0.2) is 5.65 Å². The molecule has 0 aliphatic heterocycles. The van der Waals surface area contributed by atoms with Crippen molar-refractivity contribution in [2.24, 2.45) is 0 Å². The first-order valence-electron chi connectivity index (χ1n) is 9.62. The van der Waals surface area contributed by atoms with Crippen LogP contribution in [0.5, 0.6) is 0 Å². The zero-order valence-corrected chi connectivity index (χ0v) is 16.8. The van der Waals surface area contributed by atoms with Gasteiger partial charge in [-0.3, -0.25) is 4.79 Å². The maximum Gasteiger partial charge on any atom is 0.335 e. The topological polar surface area (TPSA) is 113 Å². The van der Waals surface area contributed by atoms with E-state index in [1.807, 2.05) is 42.3 Å². The number of fused-ring (bicyclic) bond motifs is 1. The van der Waals surface area contributed by atoms with E-state index < -0.39 is 5.97 Å². The zero-order chi connectivity index (χ0) is 21.8. The fraction of sp³-hybridized carbons (Fsp3) is 0.136. The summed E-state index contributed by atoms with van der Waals surface area (Å²) in [5.74, 6) is -0.575. The Morgan fingerprint density at radius 1 is 1.06 bits per heavy atom. The molecular formula is C22H20N6O3. The molecule has 0 saturated heterocycles. The Kier molecular flexibility index (Phi) is 5.57. The van der Waals surface area contributed by atoms with Crippen LogP contribution in [-0.4, -0.2) is 43.6 Å². The molecular weight excluding hydrogens is 396 g/mol. The number of carbonyl (C=O) groups excluding carboxylic acids is 1. The fourth-order valence-corrected chi connectivity index (χ4v) is 3.19. The van der Waals surface area contributed by atoms with E-state index in [0.717, 1.165) is 11.3 Å². The predicted octanol–water partition coefficient (Wildman–Crippen LogP) is 3.16. The number of para-hydroxylation sites is 1. The lowest BCUT2D eigenvalue weighted by Gasteiger charge is -2.18. The number of anilines is 3. The van der Waals surface area contributed by atoms with Crippen LogP contribution in [0.2, 0.25) is 0 Å². The van der Waals surface area contributed by atoms with Gasteiger partial charge in [0, 0.05) is 30.4 Å². The van der Waals surface area contributed by atoms with Crippen molar-refractivity contribution in [3.05, 3.63) is 78.2 Å². The Balaban J connectivity index is 1.46. The third-order valence-corrected chi connectivity index (χ3v) is 4.84. The summed E-state index contributed by atoms with van der Waals surface area (Å²) >= 11 is 0. The smallest absolute Gasteiger partial charge is 0.335 e. The molecule has 156 valence electrons. The number of nitrogens with one attached hydrogen (secondary N) is 1. The van der Waals surface area contributed by atoms with Gasteiger partial charge in [-0.1, -0.05) is 18.2 Å². The summed E-state index contributed by atoms with van der Waals surface area (Å²) in [6.07, 6.45) is 3.87. The van der Waals surface area contributed by atoms with Gasteiger partial charge < -0.3 is 15.3 Å². The number of hydrogen-bond acceptors (Lipinski definition) is 6. The van der Waals surface area contributed by atoms with Crippen molar-refractivity contribution < 1.29 is 14.7 Å². The minimum absolute atomic E-state index is 0.167. The number of aryl methyl sites for hydroxylation is 1. The SMILES string of the molecule is CN(c1ccccc1)c1ncnc2c(CCC(=O)Nc3ccc(C(=O)O)cc3)cnn12. The van der Waals surface area contributed by atoms with E-state index in [9.17, 15) is 9.59 Å². The molecule has 4 aromatic rings. The van der Waals surface area contributed by atoms with E-state index >= 15 is 0 Å². The third-order valence-electron chi connectivity index (χ3n) is 4.84. The highest BCUT2D eigenvalue weighted by Crippen LogP contribution is 2.22. The van der Waals surface area contributed by atoms with Crippen LogP contribution in [0.3, 0.4) is 0 Å². The maximum absolute atomic E-state index is 12.3. The lowest BCUT2D eigenvalue weighted by atomic mass is 10.1. The number of benzene rings is 2. The molecule has 0 unspecified atom stereocenters. The summed E-state index contributed by atoms with van der Waals surface area (Å²) in [7, 11) is 1.90. The molecule has 0 fully saturated rings. The summed E-state index contributed by atoms with van der Waals surface area (Å²) in [5.41, 5.74) is 3.16. The van der Waals surface area contributed by atoms with Gasteiger partial charge in [0.2, 0.25) is 11.9 Å². The second-order valence-electron chi connectivity index (χ2n) is 6.90. The van der Waals surface area contributed by atoms with E-state index in [2.05, 4.69) is 20.4 Å². The molecule has 2 N–H and O–H groups in total. The molecule has 0 saturated carbocycles. The van der Waals surface area contributed by atoms with E-state index in [4.69, 9.17) is 5.11 Å². The summed E-state index contributed by atoms with van der Waals surface area (Å²) in [4.78, 5) is 33.9. The van der Waals surface area contributed by atoms with Crippen molar-refractivity contribution in [1.29, 1.82) is 0 Å². The van der Waals surface area contributed by atoms with E-state index in [1.54, 1.807) is 22.8 Å². The molecule has 0 aliphatic rings. The molecule has 0 atom stereocenters. The highest BCUT2D eigenvalue weighted by molar-refractivity contribution is 5.92. The largest absolute Gasteiger partial charge is 0.478 e. The first kappa shape index (κ1) is 20.0. The van der Waals surface area contributed by atoms with Gasteiger partial charge in [-0.25, -0.2) is 14.8 Å². The molecule has 4 rings (SSSR count). The van der Waals surface area contributed by atoms with Crippen LogP contribution in [0.15, 0.2) is 67.1 Å². The van der Waals surface area contributed by atoms with Gasteiger partial charge in [0.25, 0.3) is 0 Å². The number of hydrogen-bond donors (Lipinski definition) is 2. The predicted molar refractivity (Wildman–Crippen MR) is 116 cm³/mol. The number of carboxylic acids is 1. The minimum atomic E-state index is -1.01. The quantitative estimate of drug-likeness (QED) is 0.476. The molecule has 2 heterocycles. The Labute approximate surface area is 178 Å². The van der Waals surface area contributed by atoms with Crippen LogP contribution < -0.4 is 10.2 Å². The number of rotatable bonds is 7. The average Bonchev–Trinajstić information content (AvgIpc) is 3.21. The highest BCUT2D eigenvalue weighted by atomic mass is 16.4. The second kappa shape index (κ2) is 8.62. The number of aromatic nitrogens is 4. The molecule has 0 spiro atoms. The molecule has 0 aliphatic carbocycles. The summed E-state index contributed by atoms with van der Waals surface area (Å²) in [5, 5.41) is 16.1. The van der Waals surface area contributed by atoms with Crippen LogP contribution in [0, 0.1) is 0 Å². The van der Waals surface area contributed by atoms with Gasteiger partial charge in [-0.05, 0) is 42.8 Å². The fourth-order valence-electron chi connectivity index (χ4n) is 3.19. The molecule has 9 heteroatoms. The van der Waals surface area contributed by atoms with Crippen molar-refractivity contribution in [1.82, 2.24) is 19.6 Å². The molecule has 31 heavy (non-hydrogen) atoms. The minimum Gasteiger partial charge on any atom is -0.478 e. The number of amides is 1. The highest BCUT2D eigenvalue weighted by Gasteiger charge is 2.15. The average molecular weight is 416 g/mol. The van der Waals surface area contributed by atoms with Crippen molar-refractivity contribution in [3.8, 4) is 0 Å². The number of carboxylic acid groups (broad SMARTS) is 1. The lowest BCUT2D eigenvalue weighted by Crippen LogP contribution is -2.16. The van der Waals surface area contributed by atoms with Gasteiger partial charge >= 0.3 is 5.97 Å². The summed E-state index contributed by atoms with van der Waals surface area (Å²) in [6.45, 7) is 0. The van der Waals surface area contributed by atoms with E-state index in [0.29, 0.717) is 23.7 Å². The van der Waals surface area contributed by atoms with Crippen molar-refractivity contribution in [2.45, 2.75) is 12.8 Å². The normalized spacial score (nSPS) is 10.7. The Morgan fingerprint density at radius 2 is 1.81 bits per heavy atom. The monoisotopic (exact) mass is 416 g/mol. The van der Waals surface area contributed by atoms with Crippen molar-refractivity contribution >= 4 is 34.8 Å². The van der Waals surface area contributed by atoms with Gasteiger partial charge in [0.1, 0.15) is 6.33 Å². The Hall–Kier alpha value is -4.27. The third kappa shape index (κ3) is 4.35. The Morgan fingerprint density at radius 3 is 2.52 bits per heavy atom. The summed E-state index contributed by atoms with van der Waals surface area (Å²) in [6, 6.07) is 15.8. The lowest BCUT2D eigenvalue weighted by molar-refractivity contribution is -0.116. The van der Waals surface area contributed by atoms with Crippen LogP contribution >= 0.6 is 0 Å². The van der Waals surface area contributed by atoms with Gasteiger partial charge in [-0.2, -0.15) is 9.61 Å². The first-order chi connectivity index (χ1) is 15.0. The second-order valence-corrected chi connectivity index (χ2v) is 6.90. The van der Waals surface area contributed by atoms with E-state index in [-0.39, 0.29) is 17.9 Å². The molecule has 0 bridgehead atoms. The van der Waals surface area contributed by atoms with Gasteiger partial charge in [0.05, 0.1) is 11.8 Å². The van der Waals surface area contributed by atoms with Crippen LogP contribution in [0.1, 0.15) is 22.3 Å². The first-order valence-corrected chi connectivity index (χ1v) is 9.62. The molecule has 1 amide bonds. The van der Waals surface area contributed by atoms with Crippen LogP contribution in [0.4, 0.5) is 17.3 Å². The molecule has 9 nitrogen and oxygen atoms in total. The summed E-state index contributed by atoms with van der Waals surface area (Å²) < 4.78 is 1.66. The number of aromatic carboxylic acids is 1. The number of nitrogens with zero attached hydrogens (tertiary/aromatic N) is 5. The molecule has 0 radical (unpaired) electrons. The number of carbonyl (C=O) groups is 2. The molecule has 2 aromatic carbocycles. The molecule has 2 aromatic heterocycles. The van der Waals surface area contributed by atoms with Crippen LogP contribution in [0.25, 0.3) is 5.65 Å². The zero-order valence-electron chi connectivity index (χ0n) is 16.8. The van der Waals surface area contributed by atoms with E-state index in [1.165, 1.54) is 18.5 Å². The van der Waals surface area contributed by atoms with Crippen LogP contribution in [-0.2, 0) is 11.2 Å². The Bertz CT molecular complexity index is 1220. The van der Waals surface area contributed by atoms with Gasteiger partial charge in [-0.15, -0.1) is 0 Å². The standard InChI is InChI=1S/C22H20N6O3/c1-27(18-5-3-2-4-6-18)22-24-14-23-20-16(13-25-28(20)22)9-12-19(29)26-17-10-7-15(8-11-17)21(30)31/h2-8,10-11,13-14H,9,12H2,1H3,(H,26,29)(H,30,31).